The summed E-state index contributed by atoms with van der Waals surface area (Å²) in [5.74, 6) is 1.13. The summed E-state index contributed by atoms with van der Waals surface area (Å²) >= 11 is 6.02. The number of benzene rings is 1. The number of nitrogens with two attached hydrogens (primary N) is 1. The van der Waals surface area contributed by atoms with Crippen LogP contribution in [0.1, 0.15) is 56.8 Å². The number of carbonyl (C=O) groups is 1. The summed E-state index contributed by atoms with van der Waals surface area (Å²) in [5.41, 5.74) is 7.33. The third-order valence-corrected chi connectivity index (χ3v) is 5.90. The molecule has 2 heterocycles. The van der Waals surface area contributed by atoms with Gasteiger partial charge in [0.15, 0.2) is 11.5 Å². The minimum absolute atomic E-state index is 0. The first-order valence-electron chi connectivity index (χ1n) is 9.19. The number of amides is 1. The maximum atomic E-state index is 12.8. The highest BCUT2D eigenvalue weighted by Gasteiger charge is 2.39. The van der Waals surface area contributed by atoms with Gasteiger partial charge in [-0.05, 0) is 43.9 Å². The zero-order valence-corrected chi connectivity index (χ0v) is 17.5. The highest BCUT2D eigenvalue weighted by atomic mass is 35.5. The minimum Gasteiger partial charge on any atom is -0.440 e. The molecule has 1 saturated carbocycles. The Morgan fingerprint density at radius 2 is 1.85 bits per heavy atom. The van der Waals surface area contributed by atoms with E-state index in [4.69, 9.17) is 21.8 Å². The Morgan fingerprint density at radius 1 is 1.19 bits per heavy atom. The van der Waals surface area contributed by atoms with Gasteiger partial charge < -0.3 is 15.1 Å². The van der Waals surface area contributed by atoms with E-state index in [1.165, 1.54) is 6.42 Å². The first-order chi connectivity index (χ1) is 12.0. The molecule has 27 heavy (non-hydrogen) atoms. The van der Waals surface area contributed by atoms with Gasteiger partial charge in [0.25, 0.3) is 0 Å². The third-order valence-electron chi connectivity index (χ3n) is 5.67. The summed E-state index contributed by atoms with van der Waals surface area (Å²) in [6.45, 7) is 1.45. The van der Waals surface area contributed by atoms with Gasteiger partial charge in [-0.15, -0.1) is 24.8 Å². The molecule has 0 radical (unpaired) electrons. The molecular formula is C19H26Cl3N3O2. The molecule has 5 nitrogen and oxygen atoms in total. The van der Waals surface area contributed by atoms with Gasteiger partial charge >= 0.3 is 0 Å². The van der Waals surface area contributed by atoms with Crippen LogP contribution in [-0.4, -0.2) is 34.4 Å². The lowest BCUT2D eigenvalue weighted by Crippen LogP contribution is -2.57. The Morgan fingerprint density at radius 3 is 2.52 bits per heavy atom. The lowest BCUT2D eigenvalue weighted by molar-refractivity contribution is -0.139. The second kappa shape index (κ2) is 8.99. The van der Waals surface area contributed by atoms with E-state index in [1.54, 1.807) is 0 Å². The van der Waals surface area contributed by atoms with Crippen LogP contribution in [0.2, 0.25) is 5.02 Å². The topological polar surface area (TPSA) is 72.4 Å². The minimum atomic E-state index is -0.639. The smallest absolute Gasteiger partial charge is 0.242 e. The van der Waals surface area contributed by atoms with Gasteiger partial charge in [0.05, 0.1) is 5.54 Å². The van der Waals surface area contributed by atoms with E-state index in [2.05, 4.69) is 4.98 Å². The van der Waals surface area contributed by atoms with Crippen LogP contribution in [0.5, 0.6) is 0 Å². The number of rotatable bonds is 2. The predicted octanol–water partition coefficient (Wildman–Crippen LogP) is 4.69. The summed E-state index contributed by atoms with van der Waals surface area (Å²) in [5, 5.41) is 0.661. The molecule has 2 aliphatic rings. The highest BCUT2D eigenvalue weighted by molar-refractivity contribution is 6.31. The molecule has 1 amide bonds. The average Bonchev–Trinajstić information content (AvgIpc) is 3.05. The van der Waals surface area contributed by atoms with Gasteiger partial charge in [-0.3, -0.25) is 4.79 Å². The van der Waals surface area contributed by atoms with Gasteiger partial charge in [0.1, 0.15) is 5.52 Å². The van der Waals surface area contributed by atoms with Crippen molar-refractivity contribution in [2.45, 2.75) is 56.4 Å². The number of hydrogen-bond acceptors (Lipinski definition) is 4. The summed E-state index contributed by atoms with van der Waals surface area (Å²) in [7, 11) is 0. The fraction of sp³-hybridized carbons (Fsp3) is 0.579. The molecule has 1 aliphatic carbocycles. The van der Waals surface area contributed by atoms with Crippen LogP contribution in [0.25, 0.3) is 11.1 Å². The predicted molar refractivity (Wildman–Crippen MR) is 112 cm³/mol. The van der Waals surface area contributed by atoms with E-state index in [-0.39, 0.29) is 36.6 Å². The largest absolute Gasteiger partial charge is 0.440 e. The number of oxazole rings is 1. The molecule has 1 aromatic carbocycles. The first kappa shape index (κ1) is 22.3. The Kier molecular flexibility index (Phi) is 7.42. The van der Waals surface area contributed by atoms with Gasteiger partial charge in [-0.1, -0.05) is 30.9 Å². The number of aromatic nitrogens is 1. The molecule has 4 rings (SSSR count). The fourth-order valence-electron chi connectivity index (χ4n) is 4.13. The zero-order chi connectivity index (χ0) is 17.4. The third kappa shape index (κ3) is 4.53. The maximum Gasteiger partial charge on any atom is 0.242 e. The molecule has 0 bridgehead atoms. The van der Waals surface area contributed by atoms with Crippen molar-refractivity contribution in [3.63, 3.8) is 0 Å². The molecule has 8 heteroatoms. The van der Waals surface area contributed by atoms with E-state index < -0.39 is 5.54 Å². The van der Waals surface area contributed by atoms with Crippen LogP contribution in [0.3, 0.4) is 0 Å². The summed E-state index contributed by atoms with van der Waals surface area (Å²) in [6, 6.07) is 5.49. The number of nitrogens with zero attached hydrogens (tertiary/aromatic N) is 2. The van der Waals surface area contributed by atoms with Gasteiger partial charge in [0, 0.05) is 24.0 Å². The lowest BCUT2D eigenvalue weighted by Gasteiger charge is -2.39. The van der Waals surface area contributed by atoms with Gasteiger partial charge in [-0.25, -0.2) is 4.98 Å². The van der Waals surface area contributed by atoms with Crippen LogP contribution < -0.4 is 5.73 Å². The molecule has 0 spiro atoms. The molecule has 0 atom stereocenters. The standard InChI is InChI=1S/C19H24ClN3O2.2ClH/c20-14-4-5-16-15(12-14)22-17(25-16)13-6-10-23(11-7-13)18(24)19(21)8-2-1-3-9-19;;/h4-5,12-13H,1-3,6-11,21H2;2*1H. The molecule has 1 aromatic heterocycles. The summed E-state index contributed by atoms with van der Waals surface area (Å²) in [6.07, 6.45) is 6.67. The number of hydrogen-bond donors (Lipinski definition) is 1. The number of fused-ring (bicyclic) bond motifs is 1. The van der Waals surface area contributed by atoms with Crippen molar-refractivity contribution in [2.24, 2.45) is 5.73 Å². The zero-order valence-electron chi connectivity index (χ0n) is 15.2. The summed E-state index contributed by atoms with van der Waals surface area (Å²) < 4.78 is 5.90. The molecule has 2 fully saturated rings. The Bertz CT molecular complexity index is 782. The van der Waals surface area contributed by atoms with E-state index in [0.717, 1.165) is 68.6 Å². The fourth-order valence-corrected chi connectivity index (χ4v) is 4.30. The Hall–Kier alpha value is -1.01. The van der Waals surface area contributed by atoms with Crippen LogP contribution >= 0.6 is 36.4 Å². The Labute approximate surface area is 176 Å². The molecule has 1 saturated heterocycles. The normalized spacial score (nSPS) is 20.0. The van der Waals surface area contributed by atoms with Crippen molar-refractivity contribution in [2.75, 3.05) is 13.1 Å². The van der Waals surface area contributed by atoms with Gasteiger partial charge in [-0.2, -0.15) is 0 Å². The van der Waals surface area contributed by atoms with Crippen molar-refractivity contribution in [1.29, 1.82) is 0 Å². The molecule has 1 aliphatic heterocycles. The maximum absolute atomic E-state index is 12.8. The molecule has 2 N–H and O–H groups in total. The van der Waals surface area contributed by atoms with Crippen LogP contribution in [0, 0.1) is 0 Å². The van der Waals surface area contributed by atoms with Crippen molar-refractivity contribution in [3.05, 3.63) is 29.1 Å². The van der Waals surface area contributed by atoms with Crippen molar-refractivity contribution >= 4 is 53.4 Å². The van der Waals surface area contributed by atoms with E-state index in [1.807, 2.05) is 23.1 Å². The van der Waals surface area contributed by atoms with Crippen molar-refractivity contribution in [1.82, 2.24) is 9.88 Å². The first-order valence-corrected chi connectivity index (χ1v) is 9.57. The second-order valence-electron chi connectivity index (χ2n) is 7.45. The molecule has 150 valence electrons. The molecule has 0 unspecified atom stereocenters. The van der Waals surface area contributed by atoms with Crippen LogP contribution in [0.4, 0.5) is 0 Å². The number of piperidine rings is 1. The highest BCUT2D eigenvalue weighted by Crippen LogP contribution is 2.33. The monoisotopic (exact) mass is 433 g/mol. The number of carbonyl (C=O) groups excluding carboxylic acids is 1. The van der Waals surface area contributed by atoms with E-state index >= 15 is 0 Å². The van der Waals surface area contributed by atoms with Gasteiger partial charge in [0.2, 0.25) is 5.91 Å². The van der Waals surface area contributed by atoms with Crippen LogP contribution in [-0.2, 0) is 4.79 Å². The molecular weight excluding hydrogens is 409 g/mol. The van der Waals surface area contributed by atoms with E-state index in [9.17, 15) is 4.79 Å². The lowest BCUT2D eigenvalue weighted by atomic mass is 9.81. The Balaban J connectivity index is 0.00000131. The molecule has 2 aromatic rings. The van der Waals surface area contributed by atoms with Crippen molar-refractivity contribution in [3.8, 4) is 0 Å². The van der Waals surface area contributed by atoms with Crippen LogP contribution in [0.15, 0.2) is 22.6 Å². The summed E-state index contributed by atoms with van der Waals surface area (Å²) in [4.78, 5) is 19.4. The number of likely N-dealkylation sites (tertiary alicyclic amines) is 1. The van der Waals surface area contributed by atoms with E-state index in [0.29, 0.717) is 5.02 Å². The quantitative estimate of drug-likeness (QED) is 0.744. The van der Waals surface area contributed by atoms with Crippen molar-refractivity contribution < 1.29 is 9.21 Å². The number of halogens is 3. The SMILES string of the molecule is Cl.Cl.NC1(C(=O)N2CCC(c3nc4cc(Cl)ccc4o3)CC2)CCCCC1. The average molecular weight is 435 g/mol. The second-order valence-corrected chi connectivity index (χ2v) is 7.88.